The van der Waals surface area contributed by atoms with Gasteiger partial charge in [0.15, 0.2) is 0 Å². The van der Waals surface area contributed by atoms with E-state index >= 15 is 0 Å². The fourth-order valence-corrected chi connectivity index (χ4v) is 2.92. The van der Waals surface area contributed by atoms with E-state index in [0.717, 1.165) is 24.3 Å². The van der Waals surface area contributed by atoms with Gasteiger partial charge < -0.3 is 5.32 Å². The van der Waals surface area contributed by atoms with Crippen LogP contribution in [0.3, 0.4) is 0 Å². The molecule has 0 unspecified atom stereocenters. The van der Waals surface area contributed by atoms with Crippen molar-refractivity contribution < 1.29 is 17.6 Å². The van der Waals surface area contributed by atoms with Gasteiger partial charge in [-0.1, -0.05) is 23.2 Å². The van der Waals surface area contributed by atoms with E-state index in [0.29, 0.717) is 10.7 Å². The van der Waals surface area contributed by atoms with Gasteiger partial charge in [-0.15, -0.1) is 0 Å². The van der Waals surface area contributed by atoms with Crippen LogP contribution in [0.2, 0.25) is 10.0 Å². The number of carbonyl (C=O) groups is 1. The van der Waals surface area contributed by atoms with Crippen LogP contribution in [0.4, 0.5) is 10.1 Å². The molecule has 0 spiro atoms. The normalized spacial score (nSPS) is 11.3. The number of amides is 1. The van der Waals surface area contributed by atoms with Gasteiger partial charge in [0, 0.05) is 5.69 Å². The summed E-state index contributed by atoms with van der Waals surface area (Å²) in [5, 5.41) is 3.07. The molecule has 5 nitrogen and oxygen atoms in total. The van der Waals surface area contributed by atoms with Gasteiger partial charge in [-0.25, -0.2) is 17.5 Å². The van der Waals surface area contributed by atoms with Gasteiger partial charge in [-0.3, -0.25) is 4.79 Å². The first kappa shape index (κ1) is 17.7. The van der Waals surface area contributed by atoms with Crippen molar-refractivity contribution in [3.05, 3.63) is 58.3 Å². The van der Waals surface area contributed by atoms with Gasteiger partial charge in [0.25, 0.3) is 0 Å². The van der Waals surface area contributed by atoms with Crippen molar-refractivity contribution in [3.8, 4) is 0 Å². The predicted octanol–water partition coefficient (Wildman–Crippen LogP) is 3.05. The molecular weight excluding hydrogens is 366 g/mol. The van der Waals surface area contributed by atoms with Crippen molar-refractivity contribution in [2.45, 2.75) is 4.90 Å². The minimum atomic E-state index is -3.90. The molecule has 0 fully saturated rings. The van der Waals surface area contributed by atoms with Gasteiger partial charge in [0.05, 0.1) is 21.5 Å². The number of carbonyl (C=O) groups excluding carboxylic acids is 1. The Labute approximate surface area is 142 Å². The molecule has 2 aromatic carbocycles. The van der Waals surface area contributed by atoms with Crippen LogP contribution in [0, 0.1) is 5.82 Å². The molecule has 0 bridgehead atoms. The van der Waals surface area contributed by atoms with Crippen LogP contribution in [0.1, 0.15) is 0 Å². The van der Waals surface area contributed by atoms with Gasteiger partial charge in [-0.2, -0.15) is 0 Å². The summed E-state index contributed by atoms with van der Waals surface area (Å²) in [6.07, 6.45) is 0. The molecule has 0 radical (unpaired) electrons. The Morgan fingerprint density at radius 3 is 2.30 bits per heavy atom. The molecule has 122 valence electrons. The highest BCUT2D eigenvalue weighted by molar-refractivity contribution is 7.89. The maximum Gasteiger partial charge on any atom is 0.241 e. The van der Waals surface area contributed by atoms with Crippen molar-refractivity contribution in [1.82, 2.24) is 4.72 Å². The van der Waals surface area contributed by atoms with E-state index in [9.17, 15) is 17.6 Å². The fourth-order valence-electron chi connectivity index (χ4n) is 1.64. The maximum atomic E-state index is 12.8. The van der Waals surface area contributed by atoms with Crippen LogP contribution < -0.4 is 10.0 Å². The van der Waals surface area contributed by atoms with Crippen molar-refractivity contribution >= 4 is 44.8 Å². The van der Waals surface area contributed by atoms with E-state index in [2.05, 4.69) is 10.0 Å². The molecule has 0 saturated carbocycles. The molecule has 23 heavy (non-hydrogen) atoms. The van der Waals surface area contributed by atoms with Gasteiger partial charge >= 0.3 is 0 Å². The quantitative estimate of drug-likeness (QED) is 0.841. The largest absolute Gasteiger partial charge is 0.325 e. The Morgan fingerprint density at radius 1 is 1.04 bits per heavy atom. The highest BCUT2D eigenvalue weighted by Gasteiger charge is 2.15. The Hall–Kier alpha value is -1.67. The summed E-state index contributed by atoms with van der Waals surface area (Å²) < 4.78 is 38.8. The third-order valence-corrected chi connectivity index (χ3v) is 4.91. The summed E-state index contributed by atoms with van der Waals surface area (Å²) in [7, 11) is -3.90. The van der Waals surface area contributed by atoms with E-state index in [1.54, 1.807) is 0 Å². The van der Waals surface area contributed by atoms with Crippen molar-refractivity contribution in [1.29, 1.82) is 0 Å². The average Bonchev–Trinajstić information content (AvgIpc) is 2.50. The van der Waals surface area contributed by atoms with Crippen LogP contribution in [0.5, 0.6) is 0 Å². The first-order valence-electron chi connectivity index (χ1n) is 6.28. The summed E-state index contributed by atoms with van der Waals surface area (Å²) in [6.45, 7) is -0.486. The summed E-state index contributed by atoms with van der Waals surface area (Å²) in [5.74, 6) is -1.14. The monoisotopic (exact) mass is 376 g/mol. The zero-order chi connectivity index (χ0) is 17.0. The molecule has 0 aliphatic rings. The smallest absolute Gasteiger partial charge is 0.241 e. The Balaban J connectivity index is 1.98. The number of sulfonamides is 1. The van der Waals surface area contributed by atoms with Crippen molar-refractivity contribution in [2.24, 2.45) is 0 Å². The number of halogens is 3. The molecule has 0 saturated heterocycles. The molecular formula is C14H11Cl2FN2O3S. The predicted molar refractivity (Wildman–Crippen MR) is 86.7 cm³/mol. The van der Waals surface area contributed by atoms with E-state index in [1.807, 2.05) is 0 Å². The number of nitrogens with one attached hydrogen (secondary N) is 2. The molecule has 9 heteroatoms. The van der Waals surface area contributed by atoms with Crippen LogP contribution in [-0.2, 0) is 14.8 Å². The summed E-state index contributed by atoms with van der Waals surface area (Å²) >= 11 is 11.6. The Kier molecular flexibility index (Phi) is 5.59. The fraction of sp³-hybridized carbons (Fsp3) is 0.0714. The highest BCUT2D eigenvalue weighted by Crippen LogP contribution is 2.24. The van der Waals surface area contributed by atoms with E-state index < -0.39 is 28.3 Å². The first-order valence-corrected chi connectivity index (χ1v) is 8.52. The van der Waals surface area contributed by atoms with Crippen LogP contribution in [0.25, 0.3) is 0 Å². The molecule has 0 aliphatic heterocycles. The molecule has 2 rings (SSSR count). The minimum absolute atomic E-state index is 0.138. The van der Waals surface area contributed by atoms with E-state index in [4.69, 9.17) is 23.2 Å². The number of benzene rings is 2. The van der Waals surface area contributed by atoms with Crippen molar-refractivity contribution in [2.75, 3.05) is 11.9 Å². The van der Waals surface area contributed by atoms with Crippen LogP contribution >= 0.6 is 23.2 Å². The molecule has 0 aromatic heterocycles. The lowest BCUT2D eigenvalue weighted by atomic mass is 10.3. The molecule has 2 aromatic rings. The van der Waals surface area contributed by atoms with Gasteiger partial charge in [0.1, 0.15) is 5.82 Å². The third kappa shape index (κ3) is 4.90. The lowest BCUT2D eigenvalue weighted by Crippen LogP contribution is -2.32. The molecule has 0 atom stereocenters. The van der Waals surface area contributed by atoms with Crippen LogP contribution in [0.15, 0.2) is 47.4 Å². The first-order chi connectivity index (χ1) is 10.8. The van der Waals surface area contributed by atoms with Gasteiger partial charge in [0.2, 0.25) is 15.9 Å². The number of hydrogen-bond donors (Lipinski definition) is 2. The Bertz CT molecular complexity index is 826. The number of hydrogen-bond acceptors (Lipinski definition) is 3. The lowest BCUT2D eigenvalue weighted by molar-refractivity contribution is -0.115. The topological polar surface area (TPSA) is 75.3 Å². The zero-order valence-electron chi connectivity index (χ0n) is 11.5. The maximum absolute atomic E-state index is 12.8. The summed E-state index contributed by atoms with van der Waals surface area (Å²) in [5.41, 5.74) is 0.380. The van der Waals surface area contributed by atoms with Crippen LogP contribution in [-0.4, -0.2) is 20.9 Å². The lowest BCUT2D eigenvalue weighted by Gasteiger charge is -2.08. The molecule has 1 amide bonds. The van der Waals surface area contributed by atoms with E-state index in [-0.39, 0.29) is 9.92 Å². The highest BCUT2D eigenvalue weighted by atomic mass is 35.5. The standard InChI is InChI=1S/C14H11Cl2FN2O3S/c15-12-6-3-10(7-13(12)16)19-14(20)8-18-23(21,22)11-4-1-9(17)2-5-11/h1-7,18H,8H2,(H,19,20). The summed E-state index contributed by atoms with van der Waals surface area (Å²) in [6, 6.07) is 8.72. The molecule has 2 N–H and O–H groups in total. The third-order valence-electron chi connectivity index (χ3n) is 2.75. The molecule has 0 aliphatic carbocycles. The van der Waals surface area contributed by atoms with E-state index in [1.165, 1.54) is 18.2 Å². The van der Waals surface area contributed by atoms with Crippen molar-refractivity contribution in [3.63, 3.8) is 0 Å². The average molecular weight is 377 g/mol. The second-order valence-corrected chi connectivity index (χ2v) is 7.04. The van der Waals surface area contributed by atoms with Gasteiger partial charge in [-0.05, 0) is 42.5 Å². The Morgan fingerprint density at radius 2 is 1.70 bits per heavy atom. The zero-order valence-corrected chi connectivity index (χ0v) is 13.8. The number of anilines is 1. The number of rotatable bonds is 5. The summed E-state index contributed by atoms with van der Waals surface area (Å²) in [4.78, 5) is 11.6. The SMILES string of the molecule is O=C(CNS(=O)(=O)c1ccc(F)cc1)Nc1ccc(Cl)c(Cl)c1. The second-order valence-electron chi connectivity index (χ2n) is 4.46. The second kappa shape index (κ2) is 7.27. The molecule has 0 heterocycles. The minimum Gasteiger partial charge on any atom is -0.325 e.